The average molecular weight is 563 g/mol. The Morgan fingerprint density at radius 3 is 1.85 bits per heavy atom. The molecular weight excluding hydrogens is 536 g/mol. The van der Waals surface area contributed by atoms with E-state index in [9.17, 15) is 46.0 Å². The van der Waals surface area contributed by atoms with E-state index in [0.29, 0.717) is 11.1 Å². The van der Waals surface area contributed by atoms with Gasteiger partial charge in [-0.25, -0.2) is 0 Å². The van der Waals surface area contributed by atoms with Crippen molar-refractivity contribution < 1.29 is 55.4 Å². The Labute approximate surface area is 232 Å². The molecule has 0 aromatic heterocycles. The molecule has 0 aliphatic carbocycles. The largest absolute Gasteiger partial charge is 0.508 e. The van der Waals surface area contributed by atoms with E-state index in [1.807, 2.05) is 0 Å². The van der Waals surface area contributed by atoms with Crippen molar-refractivity contribution in [3.05, 3.63) is 88.5 Å². The zero-order chi connectivity index (χ0) is 29.2. The van der Waals surface area contributed by atoms with Gasteiger partial charge in [0, 0.05) is 41.2 Å². The molecule has 4 aromatic carbocycles. The molecule has 0 saturated heterocycles. The predicted molar refractivity (Wildman–Crippen MR) is 142 cm³/mol. The van der Waals surface area contributed by atoms with Crippen LogP contribution in [0.25, 0.3) is 0 Å². The molecule has 41 heavy (non-hydrogen) atoms. The van der Waals surface area contributed by atoms with Gasteiger partial charge < -0.3 is 55.4 Å². The van der Waals surface area contributed by atoms with Crippen LogP contribution in [-0.4, -0.2) is 58.2 Å². The second-order valence-corrected chi connectivity index (χ2v) is 10.2. The number of rotatable bonds is 3. The summed E-state index contributed by atoms with van der Waals surface area (Å²) in [4.78, 5) is 0. The van der Waals surface area contributed by atoms with Crippen LogP contribution >= 0.6 is 0 Å². The predicted octanol–water partition coefficient (Wildman–Crippen LogP) is 3.29. The first-order valence-electron chi connectivity index (χ1n) is 12.7. The number of fused-ring (bicyclic) bond motifs is 2. The van der Waals surface area contributed by atoms with Gasteiger partial charge in [-0.2, -0.15) is 0 Å². The van der Waals surface area contributed by atoms with E-state index in [1.165, 1.54) is 54.6 Å². The first kappa shape index (κ1) is 26.2. The van der Waals surface area contributed by atoms with Crippen LogP contribution in [0.3, 0.4) is 0 Å². The molecular formula is C30H26O11. The fourth-order valence-electron chi connectivity index (χ4n) is 5.61. The molecule has 212 valence electrons. The molecule has 5 atom stereocenters. The first-order chi connectivity index (χ1) is 19.5. The van der Waals surface area contributed by atoms with Crippen molar-refractivity contribution in [1.29, 1.82) is 0 Å². The Morgan fingerprint density at radius 2 is 1.22 bits per heavy atom. The standard InChI is InChI=1S/C30H26O11/c31-14-3-4-15-24(9-14)40-29(13-2-6-18(33)21(36)8-13)27(39)25(15)26-22(37)11-19(34)16-10-23(38)28(41-30(16)26)12-1-5-17(32)20(35)7-12/h1-9,11,23,25,27-29,31-39H,10H2/t23-,25-,27-,28-,29+/m1/s1. The maximum atomic E-state index is 11.7. The minimum absolute atomic E-state index is 0.0114. The van der Waals surface area contributed by atoms with Crippen molar-refractivity contribution in [3.63, 3.8) is 0 Å². The molecule has 11 heteroatoms. The third kappa shape index (κ3) is 4.31. The van der Waals surface area contributed by atoms with Gasteiger partial charge in [0.1, 0.15) is 41.0 Å². The molecule has 0 saturated carbocycles. The summed E-state index contributed by atoms with van der Waals surface area (Å²) < 4.78 is 12.2. The van der Waals surface area contributed by atoms with Gasteiger partial charge in [0.25, 0.3) is 0 Å². The Bertz CT molecular complexity index is 1670. The Hall–Kier alpha value is -5.00. The Kier molecular flexibility index (Phi) is 6.13. The molecule has 0 unspecified atom stereocenters. The van der Waals surface area contributed by atoms with Crippen LogP contribution in [0.2, 0.25) is 0 Å². The Morgan fingerprint density at radius 1 is 0.585 bits per heavy atom. The fourth-order valence-corrected chi connectivity index (χ4v) is 5.61. The van der Waals surface area contributed by atoms with Crippen LogP contribution < -0.4 is 9.47 Å². The number of hydrogen-bond donors (Lipinski definition) is 9. The second-order valence-electron chi connectivity index (χ2n) is 10.2. The first-order valence-corrected chi connectivity index (χ1v) is 12.7. The van der Waals surface area contributed by atoms with Crippen LogP contribution in [0.5, 0.6) is 51.7 Å². The van der Waals surface area contributed by atoms with Gasteiger partial charge in [0.05, 0.1) is 6.10 Å². The molecule has 0 bridgehead atoms. The SMILES string of the molecule is Oc1ccc2c(c1)O[C@@H](c1ccc(O)c(O)c1)[C@H](O)[C@H]2c1c(O)cc(O)c2c1O[C@H](c1ccc(O)c(O)c1)[C@H](O)C2. The zero-order valence-electron chi connectivity index (χ0n) is 21.2. The molecule has 0 amide bonds. The summed E-state index contributed by atoms with van der Waals surface area (Å²) in [7, 11) is 0. The van der Waals surface area contributed by atoms with Crippen molar-refractivity contribution in [1.82, 2.24) is 0 Å². The van der Waals surface area contributed by atoms with E-state index in [-0.39, 0.29) is 57.6 Å². The number of ether oxygens (including phenoxy) is 2. The van der Waals surface area contributed by atoms with E-state index in [2.05, 4.69) is 0 Å². The molecule has 9 N–H and O–H groups in total. The maximum Gasteiger partial charge on any atom is 0.157 e. The summed E-state index contributed by atoms with van der Waals surface area (Å²) >= 11 is 0. The van der Waals surface area contributed by atoms with Gasteiger partial charge in [-0.05, 0) is 41.5 Å². The lowest BCUT2D eigenvalue weighted by molar-refractivity contribution is 0.00186. The van der Waals surface area contributed by atoms with Gasteiger partial charge in [0.2, 0.25) is 0 Å². The summed E-state index contributed by atoms with van der Waals surface area (Å²) in [5.41, 5.74) is 1.19. The fraction of sp³-hybridized carbons (Fsp3) is 0.200. The van der Waals surface area contributed by atoms with E-state index < -0.39 is 47.6 Å². The number of benzene rings is 4. The van der Waals surface area contributed by atoms with Crippen molar-refractivity contribution in [2.24, 2.45) is 0 Å². The number of aliphatic hydroxyl groups excluding tert-OH is 2. The normalized spacial score (nSPS) is 23.1. The smallest absolute Gasteiger partial charge is 0.157 e. The molecule has 4 aromatic rings. The van der Waals surface area contributed by atoms with Gasteiger partial charge in [-0.15, -0.1) is 0 Å². The highest BCUT2D eigenvalue weighted by atomic mass is 16.5. The van der Waals surface area contributed by atoms with Gasteiger partial charge in [-0.3, -0.25) is 0 Å². The number of aromatic hydroxyl groups is 7. The Balaban J connectivity index is 1.53. The number of phenols is 7. The van der Waals surface area contributed by atoms with Crippen LogP contribution in [0.15, 0.2) is 60.7 Å². The lowest BCUT2D eigenvalue weighted by atomic mass is 9.78. The van der Waals surface area contributed by atoms with Crippen LogP contribution in [-0.2, 0) is 6.42 Å². The van der Waals surface area contributed by atoms with Crippen molar-refractivity contribution in [3.8, 4) is 51.7 Å². The van der Waals surface area contributed by atoms with E-state index in [1.54, 1.807) is 0 Å². The summed E-state index contributed by atoms with van der Waals surface area (Å²) in [5.74, 6) is -3.45. The highest BCUT2D eigenvalue weighted by Crippen LogP contribution is 2.55. The third-order valence-electron chi connectivity index (χ3n) is 7.59. The number of phenolic OH excluding ortho intramolecular Hbond substituents is 7. The highest BCUT2D eigenvalue weighted by molar-refractivity contribution is 5.63. The van der Waals surface area contributed by atoms with Crippen LogP contribution in [0, 0.1) is 0 Å². The van der Waals surface area contributed by atoms with Crippen LogP contribution in [0.4, 0.5) is 0 Å². The van der Waals surface area contributed by atoms with E-state index in [4.69, 9.17) is 9.47 Å². The van der Waals surface area contributed by atoms with Crippen molar-refractivity contribution in [2.45, 2.75) is 36.8 Å². The van der Waals surface area contributed by atoms with Crippen molar-refractivity contribution >= 4 is 0 Å². The molecule has 2 aliphatic heterocycles. The topological polar surface area (TPSA) is 201 Å². The number of aliphatic hydroxyl groups is 2. The maximum absolute atomic E-state index is 11.7. The minimum atomic E-state index is -1.43. The number of hydrogen-bond acceptors (Lipinski definition) is 11. The molecule has 2 heterocycles. The van der Waals surface area contributed by atoms with E-state index in [0.717, 1.165) is 6.07 Å². The molecule has 0 spiro atoms. The summed E-state index contributed by atoms with van der Waals surface area (Å²) in [5, 5.41) is 94.4. The lowest BCUT2D eigenvalue weighted by Gasteiger charge is -2.40. The quantitative estimate of drug-likeness (QED) is 0.166. The van der Waals surface area contributed by atoms with Gasteiger partial charge in [0.15, 0.2) is 29.1 Å². The second kappa shape index (κ2) is 9.58. The average Bonchev–Trinajstić information content (AvgIpc) is 2.93. The summed E-state index contributed by atoms with van der Waals surface area (Å²) in [6.45, 7) is 0. The zero-order valence-corrected chi connectivity index (χ0v) is 21.2. The lowest BCUT2D eigenvalue weighted by Crippen LogP contribution is -2.36. The monoisotopic (exact) mass is 562 g/mol. The van der Waals surface area contributed by atoms with Crippen LogP contribution in [0.1, 0.15) is 45.9 Å². The highest BCUT2D eigenvalue weighted by Gasteiger charge is 2.44. The molecule has 0 fully saturated rings. The minimum Gasteiger partial charge on any atom is -0.508 e. The molecule has 2 aliphatic rings. The molecule has 11 nitrogen and oxygen atoms in total. The summed E-state index contributed by atoms with van der Waals surface area (Å²) in [6, 6.07) is 13.1. The third-order valence-corrected chi connectivity index (χ3v) is 7.59. The molecule has 0 radical (unpaired) electrons. The van der Waals surface area contributed by atoms with Gasteiger partial charge in [-0.1, -0.05) is 18.2 Å². The molecule has 6 rings (SSSR count). The van der Waals surface area contributed by atoms with E-state index >= 15 is 0 Å². The summed E-state index contributed by atoms with van der Waals surface area (Å²) in [6.07, 6.45) is -4.97. The van der Waals surface area contributed by atoms with Crippen molar-refractivity contribution in [2.75, 3.05) is 0 Å². The van der Waals surface area contributed by atoms with Gasteiger partial charge >= 0.3 is 0 Å².